The highest BCUT2D eigenvalue weighted by Gasteiger charge is 2.16. The van der Waals surface area contributed by atoms with E-state index in [1.54, 1.807) is 12.1 Å². The van der Waals surface area contributed by atoms with Crippen LogP contribution in [-0.2, 0) is 21.2 Å². The third-order valence-electron chi connectivity index (χ3n) is 3.88. The van der Waals surface area contributed by atoms with Gasteiger partial charge in [0.1, 0.15) is 0 Å². The van der Waals surface area contributed by atoms with Gasteiger partial charge in [0.2, 0.25) is 15.9 Å². The number of likely N-dealkylation sites (tertiary alicyclic amines) is 1. The number of sulfonamides is 1. The van der Waals surface area contributed by atoms with E-state index in [9.17, 15) is 13.2 Å². The quantitative estimate of drug-likeness (QED) is 0.904. The van der Waals surface area contributed by atoms with Crippen molar-refractivity contribution in [1.82, 2.24) is 4.90 Å². The standard InChI is InChI=1S/C16H24N2O3S/c1-22(20,21)17-15-9-5-4-8-14(15)10-11-16(19)18-12-6-2-3-7-13-18/h4-5,8-9,17H,2-3,6-7,10-13H2,1H3. The molecule has 1 heterocycles. The molecule has 1 aliphatic rings. The second-order valence-corrected chi connectivity index (χ2v) is 7.57. The molecule has 0 aromatic heterocycles. The zero-order valence-corrected chi connectivity index (χ0v) is 13.9. The molecule has 0 spiro atoms. The van der Waals surface area contributed by atoms with Gasteiger partial charge in [-0.25, -0.2) is 8.42 Å². The molecule has 1 amide bonds. The van der Waals surface area contributed by atoms with Crippen LogP contribution in [0.25, 0.3) is 0 Å². The highest BCUT2D eigenvalue weighted by molar-refractivity contribution is 7.92. The third-order valence-corrected chi connectivity index (χ3v) is 4.47. The maximum atomic E-state index is 12.3. The lowest BCUT2D eigenvalue weighted by Crippen LogP contribution is -2.32. The summed E-state index contributed by atoms with van der Waals surface area (Å²) >= 11 is 0. The number of nitrogens with zero attached hydrogens (tertiary/aromatic N) is 1. The number of anilines is 1. The van der Waals surface area contributed by atoms with Gasteiger partial charge in [-0.1, -0.05) is 31.0 Å². The van der Waals surface area contributed by atoms with Gasteiger partial charge in [-0.2, -0.15) is 0 Å². The molecule has 0 aliphatic carbocycles. The van der Waals surface area contributed by atoms with Crippen LogP contribution in [0.15, 0.2) is 24.3 Å². The molecule has 1 aromatic carbocycles. The number of aryl methyl sites for hydroxylation is 1. The maximum absolute atomic E-state index is 12.3. The van der Waals surface area contributed by atoms with Gasteiger partial charge < -0.3 is 4.90 Å². The Morgan fingerprint density at radius 3 is 2.41 bits per heavy atom. The maximum Gasteiger partial charge on any atom is 0.229 e. The molecular weight excluding hydrogens is 300 g/mol. The lowest BCUT2D eigenvalue weighted by atomic mass is 10.1. The number of para-hydroxylation sites is 1. The number of nitrogens with one attached hydrogen (secondary N) is 1. The number of rotatable bonds is 5. The van der Waals surface area contributed by atoms with Gasteiger partial charge in [0.25, 0.3) is 0 Å². The largest absolute Gasteiger partial charge is 0.343 e. The minimum Gasteiger partial charge on any atom is -0.343 e. The Hall–Kier alpha value is -1.56. The Balaban J connectivity index is 1.97. The topological polar surface area (TPSA) is 66.5 Å². The summed E-state index contributed by atoms with van der Waals surface area (Å²) in [6.07, 6.45) is 6.66. The molecule has 0 bridgehead atoms. The van der Waals surface area contributed by atoms with E-state index < -0.39 is 10.0 Å². The van der Waals surface area contributed by atoms with Crippen LogP contribution in [0.1, 0.15) is 37.7 Å². The number of hydrogen-bond donors (Lipinski definition) is 1. The van der Waals surface area contributed by atoms with Crippen molar-refractivity contribution in [3.8, 4) is 0 Å². The van der Waals surface area contributed by atoms with Crippen molar-refractivity contribution in [2.75, 3.05) is 24.1 Å². The summed E-state index contributed by atoms with van der Waals surface area (Å²) in [5.74, 6) is 0.163. The van der Waals surface area contributed by atoms with Gasteiger partial charge in [-0.3, -0.25) is 9.52 Å². The van der Waals surface area contributed by atoms with Crippen molar-refractivity contribution in [2.45, 2.75) is 38.5 Å². The summed E-state index contributed by atoms with van der Waals surface area (Å²) in [6, 6.07) is 7.24. The van der Waals surface area contributed by atoms with Gasteiger partial charge in [-0.05, 0) is 30.9 Å². The Bertz CT molecular complexity index is 606. The molecule has 0 radical (unpaired) electrons. The Labute approximate surface area is 132 Å². The van der Waals surface area contributed by atoms with E-state index >= 15 is 0 Å². The van der Waals surface area contributed by atoms with Gasteiger partial charge in [0.05, 0.1) is 11.9 Å². The van der Waals surface area contributed by atoms with Crippen molar-refractivity contribution < 1.29 is 13.2 Å². The average Bonchev–Trinajstić information content (AvgIpc) is 2.73. The monoisotopic (exact) mass is 324 g/mol. The molecule has 22 heavy (non-hydrogen) atoms. The number of hydrogen-bond acceptors (Lipinski definition) is 3. The number of amides is 1. The molecule has 1 fully saturated rings. The van der Waals surface area contributed by atoms with Crippen LogP contribution in [0.5, 0.6) is 0 Å². The van der Waals surface area contributed by atoms with E-state index in [2.05, 4.69) is 4.72 Å². The Morgan fingerprint density at radius 1 is 1.14 bits per heavy atom. The van der Waals surface area contributed by atoms with E-state index in [4.69, 9.17) is 0 Å². The SMILES string of the molecule is CS(=O)(=O)Nc1ccccc1CCC(=O)N1CCCCCC1. The van der Waals surface area contributed by atoms with Gasteiger partial charge in [-0.15, -0.1) is 0 Å². The molecule has 0 saturated carbocycles. The second-order valence-electron chi connectivity index (χ2n) is 5.83. The lowest BCUT2D eigenvalue weighted by molar-refractivity contribution is -0.131. The molecule has 2 rings (SSSR count). The molecule has 1 saturated heterocycles. The van der Waals surface area contributed by atoms with E-state index in [0.717, 1.165) is 37.8 Å². The first-order valence-corrected chi connectivity index (χ1v) is 9.68. The molecule has 1 N–H and O–H groups in total. The number of benzene rings is 1. The highest BCUT2D eigenvalue weighted by atomic mass is 32.2. The fourth-order valence-corrected chi connectivity index (χ4v) is 3.36. The van der Waals surface area contributed by atoms with Crippen molar-refractivity contribution in [3.05, 3.63) is 29.8 Å². The van der Waals surface area contributed by atoms with Crippen LogP contribution < -0.4 is 4.72 Å². The first-order valence-electron chi connectivity index (χ1n) is 7.79. The predicted octanol–water partition coefficient (Wildman–Crippen LogP) is 2.39. The van der Waals surface area contributed by atoms with Crippen molar-refractivity contribution >= 4 is 21.6 Å². The van der Waals surface area contributed by atoms with Gasteiger partial charge in [0.15, 0.2) is 0 Å². The molecule has 1 aromatic rings. The second kappa shape index (κ2) is 7.63. The van der Waals surface area contributed by atoms with Crippen molar-refractivity contribution in [2.24, 2.45) is 0 Å². The fraction of sp³-hybridized carbons (Fsp3) is 0.562. The third kappa shape index (κ3) is 5.33. The minimum absolute atomic E-state index is 0.163. The zero-order valence-electron chi connectivity index (χ0n) is 13.0. The molecule has 1 aliphatic heterocycles. The van der Waals surface area contributed by atoms with Crippen molar-refractivity contribution in [3.63, 3.8) is 0 Å². The normalized spacial score (nSPS) is 16.1. The van der Waals surface area contributed by atoms with Crippen LogP contribution in [-0.4, -0.2) is 38.6 Å². The van der Waals surface area contributed by atoms with Gasteiger partial charge >= 0.3 is 0 Å². The molecule has 6 heteroatoms. The Morgan fingerprint density at radius 2 is 1.77 bits per heavy atom. The van der Waals surface area contributed by atoms with Crippen molar-refractivity contribution in [1.29, 1.82) is 0 Å². The molecule has 0 atom stereocenters. The van der Waals surface area contributed by atoms with Crippen LogP contribution in [0.4, 0.5) is 5.69 Å². The van der Waals surface area contributed by atoms with E-state index in [-0.39, 0.29) is 5.91 Å². The Kier molecular flexibility index (Phi) is 5.83. The van der Waals surface area contributed by atoms with Gasteiger partial charge in [0, 0.05) is 19.5 Å². The smallest absolute Gasteiger partial charge is 0.229 e. The van der Waals surface area contributed by atoms with E-state index in [0.29, 0.717) is 18.5 Å². The van der Waals surface area contributed by atoms with Crippen LogP contribution >= 0.6 is 0 Å². The fourth-order valence-electron chi connectivity index (χ4n) is 2.76. The summed E-state index contributed by atoms with van der Waals surface area (Å²) in [5, 5.41) is 0. The summed E-state index contributed by atoms with van der Waals surface area (Å²) in [4.78, 5) is 14.3. The predicted molar refractivity (Wildman–Crippen MR) is 88.3 cm³/mol. The molecular formula is C16H24N2O3S. The van der Waals surface area contributed by atoms with E-state index in [1.807, 2.05) is 17.0 Å². The van der Waals surface area contributed by atoms with E-state index in [1.165, 1.54) is 12.8 Å². The van der Waals surface area contributed by atoms with Crippen LogP contribution in [0.3, 0.4) is 0 Å². The molecule has 0 unspecified atom stereocenters. The average molecular weight is 324 g/mol. The summed E-state index contributed by atoms with van der Waals surface area (Å²) in [7, 11) is -3.31. The number of carbonyl (C=O) groups is 1. The molecule has 5 nitrogen and oxygen atoms in total. The zero-order chi connectivity index (χ0) is 16.0. The summed E-state index contributed by atoms with van der Waals surface area (Å²) < 4.78 is 25.3. The van der Waals surface area contributed by atoms with Crippen LogP contribution in [0.2, 0.25) is 0 Å². The first-order chi connectivity index (χ1) is 10.5. The summed E-state index contributed by atoms with van der Waals surface area (Å²) in [6.45, 7) is 1.70. The number of carbonyl (C=O) groups excluding carboxylic acids is 1. The first kappa shape index (κ1) is 16.8. The van der Waals surface area contributed by atoms with Crippen LogP contribution in [0, 0.1) is 0 Å². The molecule has 122 valence electrons. The highest BCUT2D eigenvalue weighted by Crippen LogP contribution is 2.19. The minimum atomic E-state index is -3.31. The summed E-state index contributed by atoms with van der Waals surface area (Å²) in [5.41, 5.74) is 1.42. The lowest BCUT2D eigenvalue weighted by Gasteiger charge is -2.20.